The number of halogens is 1. The lowest BCUT2D eigenvalue weighted by molar-refractivity contribution is 0.108. The van der Waals surface area contributed by atoms with E-state index in [1.807, 2.05) is 6.07 Å². The van der Waals surface area contributed by atoms with Crippen molar-refractivity contribution >= 4 is 16.8 Å². The van der Waals surface area contributed by atoms with E-state index < -0.39 is 5.24 Å². The number of unbranched alkanes of at least 4 members (excludes halogenated alkanes) is 1. The molecule has 3 heteroatoms. The minimum absolute atomic E-state index is 0.417. The van der Waals surface area contributed by atoms with E-state index in [0.29, 0.717) is 5.56 Å². The van der Waals surface area contributed by atoms with Crippen molar-refractivity contribution in [2.24, 2.45) is 0 Å². The number of hydrogen-bond donors (Lipinski definition) is 0. The van der Waals surface area contributed by atoms with Crippen LogP contribution >= 0.6 is 11.6 Å². The van der Waals surface area contributed by atoms with E-state index in [2.05, 4.69) is 6.92 Å². The average Bonchev–Trinajstić information content (AvgIpc) is 2.25. The Balaban J connectivity index is 3.08. The molecule has 0 spiro atoms. The van der Waals surface area contributed by atoms with Gasteiger partial charge in [-0.3, -0.25) is 4.79 Å². The summed E-state index contributed by atoms with van der Waals surface area (Å²) in [7, 11) is 1.60. The maximum absolute atomic E-state index is 11.2. The quantitative estimate of drug-likeness (QED) is 0.720. The van der Waals surface area contributed by atoms with Crippen LogP contribution in [0.2, 0.25) is 0 Å². The highest BCUT2D eigenvalue weighted by molar-refractivity contribution is 6.68. The summed E-state index contributed by atoms with van der Waals surface area (Å²) in [6.45, 7) is 2.11. The number of carbonyl (C=O) groups excluding carboxylic acids is 1. The summed E-state index contributed by atoms with van der Waals surface area (Å²) in [6.07, 6.45) is 2.93. The van der Waals surface area contributed by atoms with Crippen LogP contribution in [0.1, 0.15) is 35.7 Å². The largest absolute Gasteiger partial charge is 0.496 e. The molecular formula is C12H15ClO2. The van der Waals surface area contributed by atoms with Crippen LogP contribution in [-0.2, 0) is 6.42 Å². The van der Waals surface area contributed by atoms with Gasteiger partial charge in [0, 0.05) is 11.1 Å². The molecule has 82 valence electrons. The Morgan fingerprint density at radius 1 is 1.47 bits per heavy atom. The van der Waals surface area contributed by atoms with Crippen LogP contribution in [0.3, 0.4) is 0 Å². The van der Waals surface area contributed by atoms with Gasteiger partial charge in [0.15, 0.2) is 0 Å². The standard InChI is InChI=1S/C12H15ClO2/c1-3-4-6-9-10(12(13)14)7-5-8-11(9)15-2/h5,7-8H,3-4,6H2,1-2H3. The summed E-state index contributed by atoms with van der Waals surface area (Å²) in [5.41, 5.74) is 1.48. The minimum atomic E-state index is -0.417. The maximum atomic E-state index is 11.2. The van der Waals surface area contributed by atoms with Crippen LogP contribution in [-0.4, -0.2) is 12.4 Å². The molecular weight excluding hydrogens is 212 g/mol. The highest BCUT2D eigenvalue weighted by Crippen LogP contribution is 2.25. The molecule has 0 amide bonds. The maximum Gasteiger partial charge on any atom is 0.252 e. The van der Waals surface area contributed by atoms with Crippen LogP contribution < -0.4 is 4.74 Å². The Hall–Kier alpha value is -1.02. The fourth-order valence-corrected chi connectivity index (χ4v) is 1.73. The minimum Gasteiger partial charge on any atom is -0.496 e. The molecule has 0 unspecified atom stereocenters. The first-order chi connectivity index (χ1) is 7.20. The Kier molecular flexibility index (Phi) is 4.63. The van der Waals surface area contributed by atoms with E-state index in [-0.39, 0.29) is 0 Å². The number of ether oxygens (including phenoxy) is 1. The van der Waals surface area contributed by atoms with Crippen molar-refractivity contribution in [3.8, 4) is 5.75 Å². The van der Waals surface area contributed by atoms with Gasteiger partial charge in [-0.2, -0.15) is 0 Å². The van der Waals surface area contributed by atoms with Gasteiger partial charge in [0.25, 0.3) is 5.24 Å². The summed E-state index contributed by atoms with van der Waals surface area (Å²) in [6, 6.07) is 5.38. The van der Waals surface area contributed by atoms with Gasteiger partial charge in [0.2, 0.25) is 0 Å². The molecule has 2 nitrogen and oxygen atoms in total. The molecule has 0 aromatic heterocycles. The van der Waals surface area contributed by atoms with Crippen molar-refractivity contribution < 1.29 is 9.53 Å². The van der Waals surface area contributed by atoms with Gasteiger partial charge >= 0.3 is 0 Å². The number of benzene rings is 1. The van der Waals surface area contributed by atoms with Gasteiger partial charge in [0.05, 0.1) is 7.11 Å². The first kappa shape index (κ1) is 12.1. The number of rotatable bonds is 5. The Morgan fingerprint density at radius 3 is 2.73 bits per heavy atom. The van der Waals surface area contributed by atoms with E-state index >= 15 is 0 Å². The van der Waals surface area contributed by atoms with Crippen LogP contribution in [0.5, 0.6) is 5.75 Å². The summed E-state index contributed by atoms with van der Waals surface area (Å²) in [5, 5.41) is -0.417. The zero-order valence-electron chi connectivity index (χ0n) is 9.05. The van der Waals surface area contributed by atoms with Crippen LogP contribution in [0.15, 0.2) is 18.2 Å². The second kappa shape index (κ2) is 5.76. The zero-order chi connectivity index (χ0) is 11.3. The molecule has 0 aliphatic carbocycles. The highest BCUT2D eigenvalue weighted by atomic mass is 35.5. The normalized spacial score (nSPS) is 10.1. The second-order valence-electron chi connectivity index (χ2n) is 3.36. The van der Waals surface area contributed by atoms with E-state index in [1.54, 1.807) is 19.2 Å². The lowest BCUT2D eigenvalue weighted by atomic mass is 10.0. The molecule has 0 saturated heterocycles. The van der Waals surface area contributed by atoms with Crippen molar-refractivity contribution in [2.75, 3.05) is 7.11 Å². The van der Waals surface area contributed by atoms with Gasteiger partial charge in [-0.05, 0) is 36.6 Å². The van der Waals surface area contributed by atoms with Crippen LogP contribution in [0.25, 0.3) is 0 Å². The molecule has 0 atom stereocenters. The van der Waals surface area contributed by atoms with Gasteiger partial charge in [-0.1, -0.05) is 19.4 Å². The van der Waals surface area contributed by atoms with Crippen LogP contribution in [0, 0.1) is 0 Å². The molecule has 0 bridgehead atoms. The van der Waals surface area contributed by atoms with E-state index in [9.17, 15) is 4.79 Å². The fraction of sp³-hybridized carbons (Fsp3) is 0.417. The molecule has 0 fully saturated rings. The third-order valence-electron chi connectivity index (χ3n) is 2.35. The lowest BCUT2D eigenvalue weighted by Crippen LogP contribution is -2.01. The number of methoxy groups -OCH3 is 1. The Bertz CT molecular complexity index is 347. The SMILES string of the molecule is CCCCc1c(OC)cccc1C(=O)Cl. The summed E-state index contributed by atoms with van der Waals surface area (Å²) in [5.74, 6) is 0.745. The van der Waals surface area contributed by atoms with E-state index in [1.165, 1.54) is 0 Å². The molecule has 0 saturated carbocycles. The van der Waals surface area contributed by atoms with Crippen molar-refractivity contribution in [1.29, 1.82) is 0 Å². The van der Waals surface area contributed by atoms with Crippen LogP contribution in [0.4, 0.5) is 0 Å². The molecule has 0 heterocycles. The lowest BCUT2D eigenvalue weighted by Gasteiger charge is -2.10. The molecule has 0 N–H and O–H groups in total. The molecule has 0 aliphatic heterocycles. The number of hydrogen-bond acceptors (Lipinski definition) is 2. The Morgan fingerprint density at radius 2 is 2.20 bits per heavy atom. The zero-order valence-corrected chi connectivity index (χ0v) is 9.80. The number of carbonyl (C=O) groups is 1. The van der Waals surface area contributed by atoms with Gasteiger partial charge in [-0.15, -0.1) is 0 Å². The molecule has 1 aromatic carbocycles. The molecule has 0 radical (unpaired) electrons. The predicted molar refractivity (Wildman–Crippen MR) is 61.8 cm³/mol. The molecule has 0 aliphatic rings. The third kappa shape index (κ3) is 2.96. The van der Waals surface area contributed by atoms with Crippen molar-refractivity contribution in [3.63, 3.8) is 0 Å². The summed E-state index contributed by atoms with van der Waals surface area (Å²) < 4.78 is 5.22. The highest BCUT2D eigenvalue weighted by Gasteiger charge is 2.12. The molecule has 1 rings (SSSR count). The van der Waals surface area contributed by atoms with Crippen molar-refractivity contribution in [1.82, 2.24) is 0 Å². The fourth-order valence-electron chi connectivity index (χ4n) is 1.55. The van der Waals surface area contributed by atoms with Gasteiger partial charge in [-0.25, -0.2) is 0 Å². The molecule has 1 aromatic rings. The van der Waals surface area contributed by atoms with E-state index in [4.69, 9.17) is 16.3 Å². The van der Waals surface area contributed by atoms with Gasteiger partial charge in [0.1, 0.15) is 5.75 Å². The monoisotopic (exact) mass is 226 g/mol. The smallest absolute Gasteiger partial charge is 0.252 e. The summed E-state index contributed by atoms with van der Waals surface area (Å²) >= 11 is 5.52. The summed E-state index contributed by atoms with van der Waals surface area (Å²) in [4.78, 5) is 11.2. The topological polar surface area (TPSA) is 26.3 Å². The average molecular weight is 227 g/mol. The van der Waals surface area contributed by atoms with Gasteiger partial charge < -0.3 is 4.74 Å². The third-order valence-corrected chi connectivity index (χ3v) is 2.55. The van der Waals surface area contributed by atoms with Crippen molar-refractivity contribution in [3.05, 3.63) is 29.3 Å². The van der Waals surface area contributed by atoms with E-state index in [0.717, 1.165) is 30.6 Å². The predicted octanol–water partition coefficient (Wildman–Crippen LogP) is 3.42. The Labute approximate surface area is 95.2 Å². The first-order valence-corrected chi connectivity index (χ1v) is 5.44. The first-order valence-electron chi connectivity index (χ1n) is 5.06. The molecule has 15 heavy (non-hydrogen) atoms. The van der Waals surface area contributed by atoms with Crippen molar-refractivity contribution in [2.45, 2.75) is 26.2 Å². The second-order valence-corrected chi connectivity index (χ2v) is 3.71.